The Hall–Kier alpha value is -1.55. The first kappa shape index (κ1) is 13.4. The first-order valence-corrected chi connectivity index (χ1v) is 7.36. The third-order valence-electron chi connectivity index (χ3n) is 3.67. The van der Waals surface area contributed by atoms with Crippen LogP contribution in [0, 0.1) is 0 Å². The number of aromatic nitrogens is 2. The maximum absolute atomic E-state index is 6.07. The lowest BCUT2D eigenvalue weighted by atomic mass is 10.1. The summed E-state index contributed by atoms with van der Waals surface area (Å²) in [5, 5.41) is 4.66. The van der Waals surface area contributed by atoms with Gasteiger partial charge in [0.25, 0.3) is 5.89 Å². The molecular formula is C15H17ClN2O2. The topological polar surface area (TPSA) is 48.2 Å². The molecule has 1 unspecified atom stereocenters. The number of rotatable bonds is 4. The molecule has 0 N–H and O–H groups in total. The molecule has 1 aromatic heterocycles. The molecule has 20 heavy (non-hydrogen) atoms. The fourth-order valence-electron chi connectivity index (χ4n) is 2.54. The molecule has 4 nitrogen and oxygen atoms in total. The van der Waals surface area contributed by atoms with E-state index in [-0.39, 0.29) is 6.10 Å². The first-order chi connectivity index (χ1) is 9.74. The molecule has 106 valence electrons. The van der Waals surface area contributed by atoms with Gasteiger partial charge in [0.2, 0.25) is 0 Å². The molecule has 1 aromatic carbocycles. The van der Waals surface area contributed by atoms with Gasteiger partial charge in [-0.2, -0.15) is 4.98 Å². The molecule has 1 aliphatic carbocycles. The molecule has 1 heterocycles. The summed E-state index contributed by atoms with van der Waals surface area (Å²) in [5.41, 5.74) is 0. The van der Waals surface area contributed by atoms with E-state index in [1.807, 2.05) is 25.1 Å². The van der Waals surface area contributed by atoms with E-state index in [0.717, 1.165) is 18.7 Å². The van der Waals surface area contributed by atoms with E-state index in [0.29, 0.717) is 22.6 Å². The van der Waals surface area contributed by atoms with Crippen LogP contribution in [0.1, 0.15) is 56.3 Å². The molecule has 0 amide bonds. The number of hydrogen-bond acceptors (Lipinski definition) is 4. The maximum atomic E-state index is 6.07. The van der Waals surface area contributed by atoms with Crippen LogP contribution in [0.4, 0.5) is 0 Å². The van der Waals surface area contributed by atoms with Crippen molar-refractivity contribution in [2.45, 2.75) is 44.6 Å². The predicted molar refractivity (Wildman–Crippen MR) is 76.0 cm³/mol. The van der Waals surface area contributed by atoms with Crippen LogP contribution in [-0.2, 0) is 0 Å². The summed E-state index contributed by atoms with van der Waals surface area (Å²) < 4.78 is 11.1. The molecule has 1 saturated carbocycles. The monoisotopic (exact) mass is 292 g/mol. The van der Waals surface area contributed by atoms with Crippen LogP contribution in [0.3, 0.4) is 0 Å². The maximum Gasteiger partial charge on any atom is 0.267 e. The van der Waals surface area contributed by atoms with Gasteiger partial charge in [0.1, 0.15) is 5.75 Å². The first-order valence-electron chi connectivity index (χ1n) is 6.98. The van der Waals surface area contributed by atoms with Crippen molar-refractivity contribution in [1.29, 1.82) is 0 Å². The lowest BCUT2D eigenvalue weighted by Gasteiger charge is -2.11. The molecule has 0 saturated heterocycles. The zero-order chi connectivity index (χ0) is 13.9. The fraction of sp³-hybridized carbons (Fsp3) is 0.467. The molecule has 2 aromatic rings. The van der Waals surface area contributed by atoms with Gasteiger partial charge in [-0.1, -0.05) is 41.7 Å². The predicted octanol–water partition coefficient (Wildman–Crippen LogP) is 4.52. The Morgan fingerprint density at radius 1 is 1.30 bits per heavy atom. The van der Waals surface area contributed by atoms with E-state index in [1.165, 1.54) is 12.8 Å². The SMILES string of the molecule is CC(Oc1ccccc1Cl)c1nc(C2CCCC2)no1. The van der Waals surface area contributed by atoms with Crippen LogP contribution < -0.4 is 4.74 Å². The number of halogens is 1. The number of benzene rings is 1. The Balaban J connectivity index is 1.71. The van der Waals surface area contributed by atoms with Crippen LogP contribution in [0.15, 0.2) is 28.8 Å². The molecule has 1 aliphatic rings. The lowest BCUT2D eigenvalue weighted by molar-refractivity contribution is 0.175. The normalized spacial score (nSPS) is 17.3. The van der Waals surface area contributed by atoms with Gasteiger partial charge in [-0.05, 0) is 31.9 Å². The molecular weight excluding hydrogens is 276 g/mol. The molecule has 0 radical (unpaired) electrons. The summed E-state index contributed by atoms with van der Waals surface area (Å²) in [5.74, 6) is 2.39. The van der Waals surface area contributed by atoms with Gasteiger partial charge in [-0.25, -0.2) is 0 Å². The standard InChI is InChI=1S/C15H17ClN2O2/c1-10(19-13-9-5-4-8-12(13)16)15-17-14(18-20-15)11-6-2-3-7-11/h4-5,8-11H,2-3,6-7H2,1H3. The summed E-state index contributed by atoms with van der Waals surface area (Å²) >= 11 is 6.07. The third-order valence-corrected chi connectivity index (χ3v) is 3.98. The van der Waals surface area contributed by atoms with E-state index in [4.69, 9.17) is 20.9 Å². The quantitative estimate of drug-likeness (QED) is 0.831. The van der Waals surface area contributed by atoms with Crippen molar-refractivity contribution in [3.8, 4) is 5.75 Å². The van der Waals surface area contributed by atoms with E-state index >= 15 is 0 Å². The Kier molecular flexibility index (Phi) is 3.92. The number of ether oxygens (including phenoxy) is 1. The van der Waals surface area contributed by atoms with Gasteiger partial charge in [-0.3, -0.25) is 0 Å². The van der Waals surface area contributed by atoms with Crippen molar-refractivity contribution in [2.24, 2.45) is 0 Å². The van der Waals surface area contributed by atoms with Crippen LogP contribution in [0.5, 0.6) is 5.75 Å². The van der Waals surface area contributed by atoms with Crippen LogP contribution in [-0.4, -0.2) is 10.1 Å². The minimum absolute atomic E-state index is 0.308. The second-order valence-corrected chi connectivity index (χ2v) is 5.57. The van der Waals surface area contributed by atoms with E-state index < -0.39 is 0 Å². The van der Waals surface area contributed by atoms with Gasteiger partial charge >= 0.3 is 0 Å². The lowest BCUT2D eigenvalue weighted by Crippen LogP contribution is -2.04. The minimum atomic E-state index is -0.308. The summed E-state index contributed by atoms with van der Waals surface area (Å²) in [6.07, 6.45) is 4.50. The van der Waals surface area contributed by atoms with Gasteiger partial charge in [0, 0.05) is 5.92 Å². The zero-order valence-electron chi connectivity index (χ0n) is 11.4. The van der Waals surface area contributed by atoms with E-state index in [1.54, 1.807) is 6.07 Å². The molecule has 3 rings (SSSR count). The average Bonchev–Trinajstić information content (AvgIpc) is 3.11. The average molecular weight is 293 g/mol. The van der Waals surface area contributed by atoms with Crippen molar-refractivity contribution in [3.05, 3.63) is 41.0 Å². The molecule has 1 fully saturated rings. The highest BCUT2D eigenvalue weighted by molar-refractivity contribution is 6.32. The smallest absolute Gasteiger partial charge is 0.267 e. The Morgan fingerprint density at radius 3 is 2.80 bits per heavy atom. The Bertz CT molecular complexity index is 579. The van der Waals surface area contributed by atoms with Crippen molar-refractivity contribution in [1.82, 2.24) is 10.1 Å². The summed E-state index contributed by atoms with van der Waals surface area (Å²) in [6.45, 7) is 1.88. The highest BCUT2D eigenvalue weighted by Crippen LogP contribution is 2.33. The summed E-state index contributed by atoms with van der Waals surface area (Å²) in [4.78, 5) is 4.47. The molecule has 5 heteroatoms. The number of hydrogen-bond donors (Lipinski definition) is 0. The van der Waals surface area contributed by atoms with Crippen LogP contribution in [0.25, 0.3) is 0 Å². The third kappa shape index (κ3) is 2.80. The largest absolute Gasteiger partial charge is 0.479 e. The molecule has 0 aliphatic heterocycles. The number of nitrogens with zero attached hydrogens (tertiary/aromatic N) is 2. The fourth-order valence-corrected chi connectivity index (χ4v) is 2.72. The zero-order valence-corrected chi connectivity index (χ0v) is 12.1. The molecule has 0 spiro atoms. The highest BCUT2D eigenvalue weighted by Gasteiger charge is 2.24. The van der Waals surface area contributed by atoms with Gasteiger partial charge < -0.3 is 9.26 Å². The minimum Gasteiger partial charge on any atom is -0.479 e. The van der Waals surface area contributed by atoms with Crippen molar-refractivity contribution < 1.29 is 9.26 Å². The second-order valence-electron chi connectivity index (χ2n) is 5.16. The Morgan fingerprint density at radius 2 is 2.05 bits per heavy atom. The van der Waals surface area contributed by atoms with Gasteiger partial charge in [-0.15, -0.1) is 0 Å². The van der Waals surface area contributed by atoms with E-state index in [2.05, 4.69) is 10.1 Å². The molecule has 1 atom stereocenters. The summed E-state index contributed by atoms with van der Waals surface area (Å²) in [7, 11) is 0. The van der Waals surface area contributed by atoms with Crippen molar-refractivity contribution in [3.63, 3.8) is 0 Å². The highest BCUT2D eigenvalue weighted by atomic mass is 35.5. The van der Waals surface area contributed by atoms with Gasteiger partial charge in [0.05, 0.1) is 5.02 Å². The number of para-hydroxylation sites is 1. The van der Waals surface area contributed by atoms with Crippen LogP contribution in [0.2, 0.25) is 5.02 Å². The Labute approximate surface area is 123 Å². The van der Waals surface area contributed by atoms with Gasteiger partial charge in [0.15, 0.2) is 11.9 Å². The summed E-state index contributed by atoms with van der Waals surface area (Å²) in [6, 6.07) is 7.37. The second kappa shape index (κ2) is 5.83. The van der Waals surface area contributed by atoms with Crippen LogP contribution >= 0.6 is 11.6 Å². The molecule has 0 bridgehead atoms. The van der Waals surface area contributed by atoms with Crippen molar-refractivity contribution >= 4 is 11.6 Å². The van der Waals surface area contributed by atoms with E-state index in [9.17, 15) is 0 Å². The van der Waals surface area contributed by atoms with Crippen molar-refractivity contribution in [2.75, 3.05) is 0 Å².